The molecule has 0 bridgehead atoms. The van der Waals surface area contributed by atoms with Crippen LogP contribution in [0.4, 0.5) is 4.39 Å². The first-order chi connectivity index (χ1) is 8.95. The molecule has 1 aromatic carbocycles. The highest BCUT2D eigenvalue weighted by molar-refractivity contribution is 9.10. The molecule has 0 radical (unpaired) electrons. The van der Waals surface area contributed by atoms with Crippen molar-refractivity contribution in [3.05, 3.63) is 34.1 Å². The third kappa shape index (κ3) is 4.63. The van der Waals surface area contributed by atoms with E-state index in [0.717, 1.165) is 0 Å². The summed E-state index contributed by atoms with van der Waals surface area (Å²) in [4.78, 5) is 22.5. The van der Waals surface area contributed by atoms with E-state index >= 15 is 0 Å². The zero-order valence-electron chi connectivity index (χ0n) is 10.5. The highest BCUT2D eigenvalue weighted by Crippen LogP contribution is 2.19. The lowest BCUT2D eigenvalue weighted by Crippen LogP contribution is -2.31. The van der Waals surface area contributed by atoms with E-state index in [9.17, 15) is 14.0 Å². The summed E-state index contributed by atoms with van der Waals surface area (Å²) in [6.07, 6.45) is 0.611. The average molecular weight is 332 g/mol. The van der Waals surface area contributed by atoms with Crippen LogP contribution in [-0.4, -0.2) is 23.5 Å². The zero-order valence-corrected chi connectivity index (χ0v) is 12.0. The maximum absolute atomic E-state index is 13.5. The molecule has 4 nitrogen and oxygen atoms in total. The predicted octanol–water partition coefficient (Wildman–Crippen LogP) is 2.82. The van der Waals surface area contributed by atoms with Crippen molar-refractivity contribution >= 4 is 27.8 Å². The molecule has 6 heteroatoms. The lowest BCUT2D eigenvalue weighted by Gasteiger charge is -2.14. The van der Waals surface area contributed by atoms with Gasteiger partial charge in [-0.2, -0.15) is 0 Å². The molecule has 19 heavy (non-hydrogen) atoms. The van der Waals surface area contributed by atoms with Crippen molar-refractivity contribution in [2.24, 2.45) is 5.92 Å². The standard InChI is InChI=1S/C13H15BrFNO3/c1-2-8(6-11(17)18)7-16-13(19)12-9(14)4-3-5-10(12)15/h3-5,8H,2,6-7H2,1H3,(H,16,19)(H,17,18). The van der Waals surface area contributed by atoms with Crippen LogP contribution < -0.4 is 5.32 Å². The Hall–Kier alpha value is -1.43. The average Bonchev–Trinajstić information content (AvgIpc) is 2.33. The van der Waals surface area contributed by atoms with Gasteiger partial charge in [-0.1, -0.05) is 19.4 Å². The van der Waals surface area contributed by atoms with E-state index in [1.54, 1.807) is 6.07 Å². The molecule has 1 aromatic rings. The molecule has 1 atom stereocenters. The highest BCUT2D eigenvalue weighted by atomic mass is 79.9. The Morgan fingerprint density at radius 1 is 1.47 bits per heavy atom. The van der Waals surface area contributed by atoms with Gasteiger partial charge in [-0.15, -0.1) is 0 Å². The molecule has 104 valence electrons. The maximum Gasteiger partial charge on any atom is 0.303 e. The minimum absolute atomic E-state index is 0.0186. The fourth-order valence-corrected chi connectivity index (χ4v) is 2.17. The van der Waals surface area contributed by atoms with E-state index in [4.69, 9.17) is 5.11 Å². The van der Waals surface area contributed by atoms with Crippen molar-refractivity contribution in [1.29, 1.82) is 0 Å². The highest BCUT2D eigenvalue weighted by Gasteiger charge is 2.17. The van der Waals surface area contributed by atoms with Crippen molar-refractivity contribution in [1.82, 2.24) is 5.32 Å². The molecule has 0 aliphatic heterocycles. The number of amides is 1. The molecule has 1 unspecified atom stereocenters. The summed E-state index contributed by atoms with van der Waals surface area (Å²) in [5.41, 5.74) is -0.0623. The van der Waals surface area contributed by atoms with Crippen LogP contribution in [0.5, 0.6) is 0 Å². The van der Waals surface area contributed by atoms with Crippen LogP contribution in [-0.2, 0) is 4.79 Å². The van der Waals surface area contributed by atoms with Crippen molar-refractivity contribution in [3.8, 4) is 0 Å². The van der Waals surface area contributed by atoms with E-state index in [1.807, 2.05) is 6.92 Å². The number of carboxylic acid groups (broad SMARTS) is 1. The van der Waals surface area contributed by atoms with Crippen LogP contribution in [0.2, 0.25) is 0 Å². The summed E-state index contributed by atoms with van der Waals surface area (Å²) >= 11 is 3.12. The Morgan fingerprint density at radius 3 is 2.68 bits per heavy atom. The molecule has 0 aromatic heterocycles. The van der Waals surface area contributed by atoms with E-state index in [1.165, 1.54) is 12.1 Å². The molecule has 2 N–H and O–H groups in total. The van der Waals surface area contributed by atoms with Gasteiger partial charge in [0.2, 0.25) is 0 Å². The first-order valence-electron chi connectivity index (χ1n) is 5.89. The van der Waals surface area contributed by atoms with E-state index in [2.05, 4.69) is 21.2 Å². The molecule has 0 saturated carbocycles. The van der Waals surface area contributed by atoms with Crippen LogP contribution in [0.3, 0.4) is 0 Å². The first-order valence-corrected chi connectivity index (χ1v) is 6.69. The summed E-state index contributed by atoms with van der Waals surface area (Å²) in [6, 6.07) is 4.27. The predicted molar refractivity (Wildman–Crippen MR) is 72.5 cm³/mol. The summed E-state index contributed by atoms with van der Waals surface area (Å²) in [6.45, 7) is 2.06. The third-order valence-electron chi connectivity index (χ3n) is 2.78. The number of carboxylic acids is 1. The second-order valence-corrected chi connectivity index (χ2v) is 5.03. The lowest BCUT2D eigenvalue weighted by atomic mass is 10.0. The third-order valence-corrected chi connectivity index (χ3v) is 3.44. The minimum Gasteiger partial charge on any atom is -0.481 e. The number of benzene rings is 1. The van der Waals surface area contributed by atoms with Gasteiger partial charge in [0.1, 0.15) is 5.82 Å². The topological polar surface area (TPSA) is 66.4 Å². The number of rotatable bonds is 6. The second-order valence-electron chi connectivity index (χ2n) is 4.18. The molecule has 1 amide bonds. The van der Waals surface area contributed by atoms with Crippen molar-refractivity contribution in [2.45, 2.75) is 19.8 Å². The smallest absolute Gasteiger partial charge is 0.303 e. The van der Waals surface area contributed by atoms with Crippen molar-refractivity contribution < 1.29 is 19.1 Å². The van der Waals surface area contributed by atoms with Crippen LogP contribution in [0, 0.1) is 11.7 Å². The van der Waals surface area contributed by atoms with Crippen molar-refractivity contribution in [2.75, 3.05) is 6.54 Å². The number of carbonyl (C=O) groups excluding carboxylic acids is 1. The van der Waals surface area contributed by atoms with Gasteiger partial charge in [-0.3, -0.25) is 9.59 Å². The second kappa shape index (κ2) is 7.23. The van der Waals surface area contributed by atoms with E-state index < -0.39 is 17.7 Å². The largest absolute Gasteiger partial charge is 0.481 e. The lowest BCUT2D eigenvalue weighted by molar-refractivity contribution is -0.138. The number of hydrogen-bond donors (Lipinski definition) is 2. The summed E-state index contributed by atoms with van der Waals surface area (Å²) in [7, 11) is 0. The molecule has 0 saturated heterocycles. The molecule has 0 spiro atoms. The number of aliphatic carboxylic acids is 1. The number of halogens is 2. The summed E-state index contributed by atoms with van der Waals surface area (Å²) in [5, 5.41) is 11.3. The van der Waals surface area contributed by atoms with Gasteiger partial charge in [-0.05, 0) is 34.0 Å². The Morgan fingerprint density at radius 2 is 2.16 bits per heavy atom. The normalized spacial score (nSPS) is 11.9. The van der Waals surface area contributed by atoms with Gasteiger partial charge in [0, 0.05) is 17.4 Å². The Labute approximate surface area is 119 Å². The van der Waals surface area contributed by atoms with Gasteiger partial charge >= 0.3 is 5.97 Å². The molecule has 0 aliphatic carbocycles. The Balaban J connectivity index is 2.67. The molecule has 0 heterocycles. The van der Waals surface area contributed by atoms with Gasteiger partial charge in [0.05, 0.1) is 5.56 Å². The number of hydrogen-bond acceptors (Lipinski definition) is 2. The maximum atomic E-state index is 13.5. The van der Waals surface area contributed by atoms with Crippen LogP contribution in [0.25, 0.3) is 0 Å². The fraction of sp³-hybridized carbons (Fsp3) is 0.385. The van der Waals surface area contributed by atoms with E-state index in [0.29, 0.717) is 10.9 Å². The van der Waals surface area contributed by atoms with Gasteiger partial charge < -0.3 is 10.4 Å². The van der Waals surface area contributed by atoms with Gasteiger partial charge in [-0.25, -0.2) is 4.39 Å². The molecule has 1 rings (SSSR count). The summed E-state index contributed by atoms with van der Waals surface area (Å²) in [5.74, 6) is -2.23. The molecular formula is C13H15BrFNO3. The Kier molecular flexibility index (Phi) is 5.95. The fourth-order valence-electron chi connectivity index (χ4n) is 1.65. The molecular weight excluding hydrogens is 317 g/mol. The molecule has 0 aliphatic rings. The zero-order chi connectivity index (χ0) is 14.4. The van der Waals surface area contributed by atoms with Crippen LogP contribution in [0.1, 0.15) is 30.1 Å². The van der Waals surface area contributed by atoms with Crippen LogP contribution in [0.15, 0.2) is 22.7 Å². The summed E-state index contributed by atoms with van der Waals surface area (Å²) < 4.78 is 13.9. The van der Waals surface area contributed by atoms with Gasteiger partial charge in [0.25, 0.3) is 5.91 Å². The molecule has 0 fully saturated rings. The van der Waals surface area contributed by atoms with E-state index in [-0.39, 0.29) is 24.4 Å². The Bertz CT molecular complexity index is 459. The quantitative estimate of drug-likeness (QED) is 0.842. The van der Waals surface area contributed by atoms with Crippen LogP contribution >= 0.6 is 15.9 Å². The van der Waals surface area contributed by atoms with Crippen molar-refractivity contribution in [3.63, 3.8) is 0 Å². The first kappa shape index (κ1) is 15.6. The minimum atomic E-state index is -0.909. The monoisotopic (exact) mass is 331 g/mol. The SMILES string of the molecule is CCC(CNC(=O)c1c(F)cccc1Br)CC(=O)O. The number of nitrogens with one attached hydrogen (secondary N) is 1. The number of carbonyl (C=O) groups is 2. The van der Waals surface area contributed by atoms with Gasteiger partial charge in [0.15, 0.2) is 0 Å².